The Hall–Kier alpha value is -0.610. The largest absolute Gasteiger partial charge is 0.345 e. The molecule has 0 aromatic carbocycles. The van der Waals surface area contributed by atoms with E-state index >= 15 is 0 Å². The van der Waals surface area contributed by atoms with Crippen LogP contribution in [0, 0.1) is 5.92 Å². The maximum Gasteiger partial charge on any atom is 0.186 e. The zero-order valence-corrected chi connectivity index (χ0v) is 15.1. The van der Waals surface area contributed by atoms with Crippen molar-refractivity contribution in [2.75, 3.05) is 18.0 Å². The average Bonchev–Trinajstić information content (AvgIpc) is 3.16. The lowest BCUT2D eigenvalue weighted by atomic mass is 10.1. The zero-order valence-electron chi connectivity index (χ0n) is 14.3. The number of rotatable bonds is 9. The molecule has 1 saturated carbocycles. The van der Waals surface area contributed by atoms with Crippen molar-refractivity contribution in [2.45, 2.75) is 72.4 Å². The van der Waals surface area contributed by atoms with Crippen LogP contribution in [-0.2, 0) is 6.54 Å². The quantitative estimate of drug-likeness (QED) is 0.686. The number of thiazole rings is 1. The Morgan fingerprint density at radius 1 is 1.29 bits per heavy atom. The van der Waals surface area contributed by atoms with Gasteiger partial charge in [-0.3, -0.25) is 0 Å². The van der Waals surface area contributed by atoms with Crippen molar-refractivity contribution in [3.8, 4) is 0 Å². The third-order valence-electron chi connectivity index (χ3n) is 3.77. The fraction of sp³-hybridized carbons (Fsp3) is 0.824. The van der Waals surface area contributed by atoms with E-state index in [1.165, 1.54) is 35.0 Å². The molecule has 2 rings (SSSR count). The second kappa shape index (κ2) is 7.59. The van der Waals surface area contributed by atoms with Crippen LogP contribution < -0.4 is 10.2 Å². The van der Waals surface area contributed by atoms with Crippen molar-refractivity contribution in [3.63, 3.8) is 0 Å². The highest BCUT2D eigenvalue weighted by molar-refractivity contribution is 7.15. The molecule has 0 saturated heterocycles. The molecular weight excluding hydrogens is 278 g/mol. The van der Waals surface area contributed by atoms with Gasteiger partial charge in [0.2, 0.25) is 0 Å². The highest BCUT2D eigenvalue weighted by atomic mass is 32.1. The lowest BCUT2D eigenvalue weighted by Gasteiger charge is -2.23. The third-order valence-corrected chi connectivity index (χ3v) is 4.88. The first-order chi connectivity index (χ1) is 10.0. The van der Waals surface area contributed by atoms with E-state index in [2.05, 4.69) is 44.8 Å². The number of hydrogen-bond donors (Lipinski definition) is 1. The Kier molecular flexibility index (Phi) is 6.06. The van der Waals surface area contributed by atoms with Gasteiger partial charge in [0, 0.05) is 24.0 Å². The van der Waals surface area contributed by atoms with Gasteiger partial charge in [-0.25, -0.2) is 4.98 Å². The van der Waals surface area contributed by atoms with Crippen LogP contribution in [0.1, 0.15) is 70.4 Å². The van der Waals surface area contributed by atoms with E-state index in [4.69, 9.17) is 4.98 Å². The van der Waals surface area contributed by atoms with E-state index in [1.807, 2.05) is 11.3 Å². The summed E-state index contributed by atoms with van der Waals surface area (Å²) < 4.78 is 0. The number of aromatic nitrogens is 1. The summed E-state index contributed by atoms with van der Waals surface area (Å²) in [6.07, 6.45) is 3.86. The second-order valence-electron chi connectivity index (χ2n) is 6.91. The molecule has 1 heterocycles. The summed E-state index contributed by atoms with van der Waals surface area (Å²) in [5, 5.41) is 4.79. The van der Waals surface area contributed by atoms with Crippen LogP contribution in [0.25, 0.3) is 0 Å². The lowest BCUT2D eigenvalue weighted by Crippen LogP contribution is -2.29. The van der Waals surface area contributed by atoms with E-state index in [9.17, 15) is 0 Å². The van der Waals surface area contributed by atoms with Crippen LogP contribution in [0.3, 0.4) is 0 Å². The second-order valence-corrected chi connectivity index (χ2v) is 7.98. The molecule has 4 heteroatoms. The molecule has 21 heavy (non-hydrogen) atoms. The van der Waals surface area contributed by atoms with Gasteiger partial charge in [-0.1, -0.05) is 34.6 Å². The molecule has 0 radical (unpaired) electrons. The number of hydrogen-bond acceptors (Lipinski definition) is 4. The maximum atomic E-state index is 5.01. The highest BCUT2D eigenvalue weighted by Gasteiger charge is 2.32. The molecule has 1 aromatic rings. The smallest absolute Gasteiger partial charge is 0.186 e. The molecular formula is C17H31N3S. The summed E-state index contributed by atoms with van der Waals surface area (Å²) in [4.78, 5) is 9.00. The van der Waals surface area contributed by atoms with Crippen LogP contribution in [-0.4, -0.2) is 24.1 Å². The monoisotopic (exact) mass is 309 g/mol. The SMILES string of the molecule is CCCNCc1sc(N(CC(C)C)C2CC2)nc1C(C)C. The van der Waals surface area contributed by atoms with Crippen LogP contribution in [0.5, 0.6) is 0 Å². The summed E-state index contributed by atoms with van der Waals surface area (Å²) in [6.45, 7) is 14.5. The molecule has 0 bridgehead atoms. The summed E-state index contributed by atoms with van der Waals surface area (Å²) >= 11 is 1.91. The predicted octanol–water partition coefficient (Wildman–Crippen LogP) is 4.39. The van der Waals surface area contributed by atoms with Crippen LogP contribution in [0.15, 0.2) is 0 Å². The Labute approximate surface area is 134 Å². The molecule has 0 atom stereocenters. The van der Waals surface area contributed by atoms with Crippen molar-refractivity contribution < 1.29 is 0 Å². The maximum absolute atomic E-state index is 5.01. The minimum Gasteiger partial charge on any atom is -0.345 e. The van der Waals surface area contributed by atoms with E-state index in [-0.39, 0.29) is 0 Å². The minimum absolute atomic E-state index is 0.508. The Bertz CT molecular complexity index is 435. The lowest BCUT2D eigenvalue weighted by molar-refractivity contribution is 0.605. The van der Waals surface area contributed by atoms with Gasteiger partial charge in [0.05, 0.1) is 5.69 Å². The molecule has 3 nitrogen and oxygen atoms in total. The topological polar surface area (TPSA) is 28.2 Å². The fourth-order valence-corrected chi connectivity index (χ4v) is 3.86. The molecule has 1 aromatic heterocycles. The number of nitrogens with one attached hydrogen (secondary N) is 1. The minimum atomic E-state index is 0.508. The molecule has 0 spiro atoms. The van der Waals surface area contributed by atoms with Crippen molar-refractivity contribution >= 4 is 16.5 Å². The van der Waals surface area contributed by atoms with E-state index < -0.39 is 0 Å². The Morgan fingerprint density at radius 2 is 2.00 bits per heavy atom. The molecule has 1 N–H and O–H groups in total. The van der Waals surface area contributed by atoms with Crippen molar-refractivity contribution in [2.24, 2.45) is 5.92 Å². The molecule has 1 aliphatic rings. The third kappa shape index (κ3) is 4.68. The van der Waals surface area contributed by atoms with E-state index in [1.54, 1.807) is 0 Å². The summed E-state index contributed by atoms with van der Waals surface area (Å²) in [7, 11) is 0. The Balaban J connectivity index is 2.16. The summed E-state index contributed by atoms with van der Waals surface area (Å²) in [5.41, 5.74) is 1.30. The van der Waals surface area contributed by atoms with Crippen LogP contribution in [0.2, 0.25) is 0 Å². The van der Waals surface area contributed by atoms with Gasteiger partial charge >= 0.3 is 0 Å². The Morgan fingerprint density at radius 3 is 2.52 bits per heavy atom. The number of nitrogens with zero attached hydrogens (tertiary/aromatic N) is 2. The predicted molar refractivity (Wildman–Crippen MR) is 93.4 cm³/mol. The van der Waals surface area contributed by atoms with Gasteiger partial charge in [0.15, 0.2) is 5.13 Å². The molecule has 0 aliphatic heterocycles. The first-order valence-electron chi connectivity index (χ1n) is 8.49. The van der Waals surface area contributed by atoms with Gasteiger partial charge in [0.1, 0.15) is 0 Å². The van der Waals surface area contributed by atoms with E-state index in [0.717, 1.165) is 25.7 Å². The molecule has 1 aliphatic carbocycles. The molecule has 1 fully saturated rings. The van der Waals surface area contributed by atoms with Gasteiger partial charge in [-0.05, 0) is 37.6 Å². The average molecular weight is 310 g/mol. The van der Waals surface area contributed by atoms with Crippen LogP contribution in [0.4, 0.5) is 5.13 Å². The van der Waals surface area contributed by atoms with Crippen LogP contribution >= 0.6 is 11.3 Å². The van der Waals surface area contributed by atoms with E-state index in [0.29, 0.717) is 11.8 Å². The van der Waals surface area contributed by atoms with Crippen molar-refractivity contribution in [1.29, 1.82) is 0 Å². The first-order valence-corrected chi connectivity index (χ1v) is 9.31. The zero-order chi connectivity index (χ0) is 15.4. The molecule has 0 amide bonds. The van der Waals surface area contributed by atoms with Crippen molar-refractivity contribution in [3.05, 3.63) is 10.6 Å². The standard InChI is InChI=1S/C17H31N3S/c1-6-9-18-10-15-16(13(4)5)19-17(21-15)20(11-12(2)3)14-7-8-14/h12-14,18H,6-11H2,1-5H3. The summed E-state index contributed by atoms with van der Waals surface area (Å²) in [6, 6.07) is 0.745. The van der Waals surface area contributed by atoms with Gasteiger partial charge in [0.25, 0.3) is 0 Å². The van der Waals surface area contributed by atoms with Gasteiger partial charge in [-0.15, -0.1) is 11.3 Å². The number of anilines is 1. The first kappa shape index (κ1) is 16.8. The normalized spacial score (nSPS) is 15.2. The summed E-state index contributed by atoms with van der Waals surface area (Å²) in [5.74, 6) is 1.20. The molecule has 0 unspecified atom stereocenters. The van der Waals surface area contributed by atoms with Crippen molar-refractivity contribution in [1.82, 2.24) is 10.3 Å². The highest BCUT2D eigenvalue weighted by Crippen LogP contribution is 2.37. The van der Waals surface area contributed by atoms with Gasteiger partial charge in [-0.2, -0.15) is 0 Å². The van der Waals surface area contributed by atoms with Gasteiger partial charge < -0.3 is 10.2 Å². The molecule has 120 valence electrons. The fourth-order valence-electron chi connectivity index (χ4n) is 2.59.